The Morgan fingerprint density at radius 2 is 1.67 bits per heavy atom. The molecule has 1 aromatic carbocycles. The number of hydrogen-bond donors (Lipinski definition) is 1. The summed E-state index contributed by atoms with van der Waals surface area (Å²) in [4.78, 5) is 21.8. The predicted molar refractivity (Wildman–Crippen MR) is 59.4 cm³/mol. The van der Waals surface area contributed by atoms with E-state index in [1.807, 2.05) is 0 Å². The molecule has 1 aliphatic heterocycles. The number of nitrogens with one attached hydrogen (secondary N) is 1. The second kappa shape index (κ2) is 4.84. The lowest BCUT2D eigenvalue weighted by Crippen LogP contribution is -2.12. The van der Waals surface area contributed by atoms with Gasteiger partial charge in [-0.2, -0.15) is 0 Å². The molecular formula is C10H11NO3S. The van der Waals surface area contributed by atoms with E-state index >= 15 is 0 Å². The summed E-state index contributed by atoms with van der Waals surface area (Å²) in [6.45, 7) is 0. The van der Waals surface area contributed by atoms with Crippen LogP contribution in [-0.4, -0.2) is 28.4 Å². The first-order valence-electron chi connectivity index (χ1n) is 4.22. The molecule has 0 bridgehead atoms. The molecule has 0 aromatic heterocycles. The summed E-state index contributed by atoms with van der Waals surface area (Å²) in [6, 6.07) is 6.85. The van der Waals surface area contributed by atoms with E-state index in [1.165, 1.54) is 0 Å². The summed E-state index contributed by atoms with van der Waals surface area (Å²) in [5, 5.41) is 2.46. The van der Waals surface area contributed by atoms with Crippen molar-refractivity contribution in [2.24, 2.45) is 0 Å². The molecule has 0 radical (unpaired) electrons. The number of carbonyl (C=O) groups excluding carboxylic acids is 2. The van der Waals surface area contributed by atoms with Crippen molar-refractivity contribution in [3.63, 3.8) is 0 Å². The van der Waals surface area contributed by atoms with Gasteiger partial charge < -0.3 is 5.32 Å². The average Bonchev–Trinajstić information content (AvgIpc) is 2.43. The molecule has 4 nitrogen and oxygen atoms in total. The molecule has 0 saturated heterocycles. The molecule has 5 heteroatoms. The third-order valence-electron chi connectivity index (χ3n) is 1.63. The molecule has 1 aliphatic rings. The number of anilines is 1. The summed E-state index contributed by atoms with van der Waals surface area (Å²) >= 11 is 0. The largest absolute Gasteiger partial charge is 0.318 e. The van der Waals surface area contributed by atoms with Crippen LogP contribution in [0.25, 0.3) is 0 Å². The number of ketones is 1. The second-order valence-electron chi connectivity index (χ2n) is 3.07. The second-order valence-corrected chi connectivity index (χ2v) is 4.55. The van der Waals surface area contributed by atoms with Gasteiger partial charge in [-0.3, -0.25) is 13.8 Å². The van der Waals surface area contributed by atoms with Gasteiger partial charge in [0.15, 0.2) is 0 Å². The number of carbonyl (C=O) groups is 2. The van der Waals surface area contributed by atoms with E-state index in [0.29, 0.717) is 11.3 Å². The van der Waals surface area contributed by atoms with Gasteiger partial charge in [0.1, 0.15) is 0 Å². The Hall–Kier alpha value is -1.49. The lowest BCUT2D eigenvalue weighted by atomic mass is 10.1. The Balaban J connectivity index is 0.000000245. The maximum Gasteiger partial charge on any atom is 0.296 e. The van der Waals surface area contributed by atoms with Crippen molar-refractivity contribution in [1.29, 1.82) is 0 Å². The van der Waals surface area contributed by atoms with Crippen LogP contribution in [-0.2, 0) is 15.6 Å². The van der Waals surface area contributed by atoms with Crippen LogP contribution in [0, 0.1) is 0 Å². The highest BCUT2D eigenvalue weighted by Gasteiger charge is 2.26. The monoisotopic (exact) mass is 225 g/mol. The number of fused-ring (bicyclic) bond motifs is 1. The van der Waals surface area contributed by atoms with Crippen LogP contribution in [0.3, 0.4) is 0 Å². The minimum absolute atomic E-state index is 0.444. The lowest BCUT2D eigenvalue weighted by molar-refractivity contribution is -0.112. The third-order valence-corrected chi connectivity index (χ3v) is 1.63. The van der Waals surface area contributed by atoms with Gasteiger partial charge in [0, 0.05) is 23.3 Å². The van der Waals surface area contributed by atoms with Gasteiger partial charge in [0.25, 0.3) is 11.7 Å². The topological polar surface area (TPSA) is 63.2 Å². The van der Waals surface area contributed by atoms with E-state index in [-0.39, 0.29) is 0 Å². The van der Waals surface area contributed by atoms with Gasteiger partial charge in [0.05, 0.1) is 11.3 Å². The Labute approximate surface area is 90.1 Å². The standard InChI is InChI=1S/C8H5NO2.C2H6OS/c10-7-5-3-1-2-4-6(5)9-8(7)11;1-4(2)3/h1-4H,(H,9,10,11);1-2H3. The Morgan fingerprint density at radius 1 is 1.13 bits per heavy atom. The van der Waals surface area contributed by atoms with Crippen molar-refractivity contribution in [3.8, 4) is 0 Å². The summed E-state index contributed by atoms with van der Waals surface area (Å²) < 4.78 is 9.56. The molecule has 0 aliphatic carbocycles. The molecular weight excluding hydrogens is 214 g/mol. The Bertz CT molecular complexity index is 424. The zero-order chi connectivity index (χ0) is 11.4. The van der Waals surface area contributed by atoms with E-state index < -0.39 is 22.5 Å². The van der Waals surface area contributed by atoms with Crippen molar-refractivity contribution in [2.45, 2.75) is 0 Å². The number of amides is 1. The lowest BCUT2D eigenvalue weighted by Gasteiger charge is -1.91. The summed E-state index contributed by atoms with van der Waals surface area (Å²) in [5.41, 5.74) is 1.08. The zero-order valence-corrected chi connectivity index (χ0v) is 9.26. The van der Waals surface area contributed by atoms with Crippen LogP contribution < -0.4 is 5.32 Å². The first-order valence-corrected chi connectivity index (χ1v) is 6.19. The van der Waals surface area contributed by atoms with Crippen LogP contribution in [0.4, 0.5) is 5.69 Å². The molecule has 1 amide bonds. The molecule has 0 atom stereocenters. The molecule has 0 fully saturated rings. The van der Waals surface area contributed by atoms with Crippen molar-refractivity contribution in [1.82, 2.24) is 0 Å². The van der Waals surface area contributed by atoms with Crippen LogP contribution in [0.1, 0.15) is 10.4 Å². The molecule has 0 saturated carbocycles. The molecule has 1 heterocycles. The smallest absolute Gasteiger partial charge is 0.296 e. The highest BCUT2D eigenvalue weighted by Crippen LogP contribution is 2.21. The van der Waals surface area contributed by atoms with Crippen LogP contribution in [0.15, 0.2) is 24.3 Å². The van der Waals surface area contributed by atoms with Gasteiger partial charge in [-0.1, -0.05) is 12.1 Å². The predicted octanol–water partition coefficient (Wildman–Crippen LogP) is 0.816. The fraction of sp³-hybridized carbons (Fsp3) is 0.200. The normalized spacial score (nSPS) is 13.0. The summed E-state index contributed by atoms with van der Waals surface area (Å²) in [7, 11) is -0.611. The van der Waals surface area contributed by atoms with E-state index in [4.69, 9.17) is 0 Å². The number of para-hydroxylation sites is 1. The van der Waals surface area contributed by atoms with E-state index in [9.17, 15) is 13.8 Å². The minimum atomic E-state index is -0.611. The van der Waals surface area contributed by atoms with Crippen molar-refractivity contribution < 1.29 is 13.8 Å². The molecule has 2 rings (SSSR count). The van der Waals surface area contributed by atoms with E-state index in [2.05, 4.69) is 5.32 Å². The quantitative estimate of drug-likeness (QED) is 0.665. The molecule has 0 spiro atoms. The Morgan fingerprint density at radius 3 is 2.20 bits per heavy atom. The molecule has 80 valence electrons. The fourth-order valence-electron chi connectivity index (χ4n) is 1.09. The van der Waals surface area contributed by atoms with Gasteiger partial charge in [-0.05, 0) is 12.1 Å². The van der Waals surface area contributed by atoms with E-state index in [0.717, 1.165) is 0 Å². The van der Waals surface area contributed by atoms with Gasteiger partial charge >= 0.3 is 0 Å². The van der Waals surface area contributed by atoms with Crippen LogP contribution in [0.2, 0.25) is 0 Å². The summed E-state index contributed by atoms with van der Waals surface area (Å²) in [6.07, 6.45) is 3.28. The molecule has 1 aromatic rings. The summed E-state index contributed by atoms with van der Waals surface area (Å²) in [5.74, 6) is -0.980. The van der Waals surface area contributed by atoms with Crippen molar-refractivity contribution in [2.75, 3.05) is 17.8 Å². The first kappa shape index (κ1) is 11.6. The van der Waals surface area contributed by atoms with Crippen LogP contribution in [0.5, 0.6) is 0 Å². The third kappa shape index (κ3) is 2.99. The number of benzene rings is 1. The first-order chi connectivity index (χ1) is 7.02. The maximum absolute atomic E-state index is 11.0. The van der Waals surface area contributed by atoms with Crippen molar-refractivity contribution >= 4 is 28.2 Å². The highest BCUT2D eigenvalue weighted by atomic mass is 32.2. The Kier molecular flexibility index (Phi) is 3.74. The zero-order valence-electron chi connectivity index (χ0n) is 8.44. The minimum Gasteiger partial charge on any atom is -0.318 e. The van der Waals surface area contributed by atoms with Gasteiger partial charge in [-0.15, -0.1) is 0 Å². The van der Waals surface area contributed by atoms with Gasteiger partial charge in [0.2, 0.25) is 0 Å². The van der Waals surface area contributed by atoms with E-state index in [1.54, 1.807) is 36.8 Å². The van der Waals surface area contributed by atoms with Crippen molar-refractivity contribution in [3.05, 3.63) is 29.8 Å². The number of hydrogen-bond acceptors (Lipinski definition) is 3. The number of Topliss-reactive ketones (excluding diaryl/α,β-unsaturated/α-hetero) is 1. The average molecular weight is 225 g/mol. The SMILES string of the molecule is CS(C)=O.O=C1Nc2ccccc2C1=O. The fourth-order valence-corrected chi connectivity index (χ4v) is 1.09. The molecule has 1 N–H and O–H groups in total. The number of rotatable bonds is 0. The highest BCUT2D eigenvalue weighted by molar-refractivity contribution is 7.83. The van der Waals surface area contributed by atoms with Gasteiger partial charge in [-0.25, -0.2) is 0 Å². The maximum atomic E-state index is 11.0. The molecule has 15 heavy (non-hydrogen) atoms. The van der Waals surface area contributed by atoms with Crippen LogP contribution >= 0.6 is 0 Å². The molecule has 0 unspecified atom stereocenters.